The van der Waals surface area contributed by atoms with Gasteiger partial charge in [0.1, 0.15) is 0 Å². The van der Waals surface area contributed by atoms with Gasteiger partial charge in [0, 0.05) is 0 Å². The van der Waals surface area contributed by atoms with E-state index in [-0.39, 0.29) is 44.1 Å². The molecule has 7 nitrogen and oxygen atoms in total. The van der Waals surface area contributed by atoms with Crippen LogP contribution in [0.4, 0.5) is 0 Å². The van der Waals surface area contributed by atoms with E-state index in [1.165, 1.54) is 0 Å². The van der Waals surface area contributed by atoms with Crippen molar-refractivity contribution in [3.8, 4) is 0 Å². The van der Waals surface area contributed by atoms with Crippen molar-refractivity contribution in [3.05, 3.63) is 23.8 Å². The zero-order chi connectivity index (χ0) is 11.1. The van der Waals surface area contributed by atoms with Crippen molar-refractivity contribution in [1.82, 2.24) is 0 Å². The summed E-state index contributed by atoms with van der Waals surface area (Å²) in [7, 11) is 0. The minimum absolute atomic E-state index is 0. The fraction of sp³-hybridized carbons (Fsp3) is 0.667. The number of aliphatic hydroxyl groups excluding tert-OH is 1. The van der Waals surface area contributed by atoms with E-state index in [0.29, 0.717) is 0 Å². The van der Waals surface area contributed by atoms with Crippen LogP contribution in [0.3, 0.4) is 0 Å². The molecule has 0 aromatic rings. The third-order valence-corrected chi connectivity index (χ3v) is 1.97. The summed E-state index contributed by atoms with van der Waals surface area (Å²) in [6.07, 6.45) is 3.81. The molecule has 0 spiro atoms. The molecule has 1 rings (SSSR count). The monoisotopic (exact) mass is 431 g/mol. The summed E-state index contributed by atoms with van der Waals surface area (Å²) in [5, 5.41) is 15.5. The largest absolute Gasteiger partial charge is 2.00 e. The third-order valence-electron chi connectivity index (χ3n) is 1.97. The molecule has 0 bridgehead atoms. The number of aliphatic carboxylic acids is 1. The maximum atomic E-state index is 9.35. The molecule has 0 atom stereocenters. The van der Waals surface area contributed by atoms with Gasteiger partial charge in [-0.2, -0.15) is 0 Å². The summed E-state index contributed by atoms with van der Waals surface area (Å²) in [4.78, 5) is 9.35. The van der Waals surface area contributed by atoms with E-state index < -0.39 is 11.7 Å². The molecule has 8 heteroatoms. The zero-order valence-electron chi connectivity index (χ0n) is 9.31. The van der Waals surface area contributed by atoms with Crippen LogP contribution in [-0.4, -0.2) is 39.2 Å². The van der Waals surface area contributed by atoms with E-state index in [1.54, 1.807) is 0 Å². The second-order valence-corrected chi connectivity index (χ2v) is 3.30. The Hall–Kier alpha value is -0.462. The molecule has 0 heterocycles. The van der Waals surface area contributed by atoms with E-state index in [4.69, 9.17) is 21.7 Å². The molecule has 0 amide bonds. The topological polar surface area (TPSA) is 168 Å². The van der Waals surface area contributed by atoms with Crippen molar-refractivity contribution in [3.63, 3.8) is 0 Å². The predicted octanol–water partition coefficient (Wildman–Crippen LogP) is 0.893. The van der Waals surface area contributed by atoms with Crippen LogP contribution in [0.25, 0.3) is 11.5 Å². The Morgan fingerprint density at radius 3 is 1.29 bits per heavy atom. The van der Waals surface area contributed by atoms with E-state index in [0.717, 1.165) is 25.7 Å². The van der Waals surface area contributed by atoms with Crippen molar-refractivity contribution in [1.29, 1.82) is 0 Å². The fourth-order valence-electron chi connectivity index (χ4n) is 1.09. The van der Waals surface area contributed by atoms with Crippen molar-refractivity contribution in [2.45, 2.75) is 37.8 Å². The van der Waals surface area contributed by atoms with E-state index >= 15 is 0 Å². The molecule has 1 fully saturated rings. The molecule has 0 unspecified atom stereocenters. The molecule has 0 aliphatic heterocycles. The molecule has 1 saturated carbocycles. The zero-order valence-corrected chi connectivity index (χ0v) is 11.6. The maximum Gasteiger partial charge on any atom is 2.00 e. The van der Waals surface area contributed by atoms with Gasteiger partial charge in [-0.1, -0.05) is 25.7 Å². The Kier molecular flexibility index (Phi) is 20.3. The van der Waals surface area contributed by atoms with Crippen LogP contribution in [-0.2, 0) is 25.9 Å². The Balaban J connectivity index is -0.0000000873. The normalized spacial score (nSPS) is 21.3. The van der Waals surface area contributed by atoms with Gasteiger partial charge in [0.25, 0.3) is 0 Å². The average Bonchev–Trinajstić information content (AvgIpc) is 2.11. The van der Waals surface area contributed by atoms with E-state index in [1.807, 2.05) is 0 Å². The minimum Gasteiger partial charge on any atom is -0.675 e. The summed E-state index contributed by atoms with van der Waals surface area (Å²) in [6.45, 7) is 2.71. The van der Waals surface area contributed by atoms with E-state index in [2.05, 4.69) is 6.58 Å². The molecular formula is C9H20N2O5Pt. The Labute approximate surface area is 115 Å². The maximum absolute atomic E-state index is 9.35. The van der Waals surface area contributed by atoms with Crippen molar-refractivity contribution >= 4 is 5.97 Å². The first-order chi connectivity index (χ1) is 6.43. The molecule has 17 heavy (non-hydrogen) atoms. The molecule has 0 saturated heterocycles. The van der Waals surface area contributed by atoms with Gasteiger partial charge in [0.05, 0.1) is 0 Å². The van der Waals surface area contributed by atoms with Gasteiger partial charge < -0.3 is 32.6 Å². The van der Waals surface area contributed by atoms with Crippen LogP contribution < -0.4 is 0 Å². The van der Waals surface area contributed by atoms with Crippen molar-refractivity contribution < 1.29 is 47.0 Å². The number of carboxylic acid groups (broad SMARTS) is 1. The third kappa shape index (κ3) is 15.5. The number of hydrogen-bond acceptors (Lipinski definition) is 2. The van der Waals surface area contributed by atoms with Gasteiger partial charge in [0.15, 0.2) is 5.76 Å². The quantitative estimate of drug-likeness (QED) is 0.465. The standard InChI is InChI=1S/C6H12N2.C3H4O3.2H2O.Pt/c7-5-1-2-6(8)4-3-5;1-2(4)3(5)6;;;/h5-8H,1-4H2;4H,1H2,(H,5,6);2*1H2;/q-2;;;;+2. The molecule has 0 radical (unpaired) electrons. The fourth-order valence-corrected chi connectivity index (χ4v) is 1.09. The Morgan fingerprint density at radius 1 is 1.00 bits per heavy atom. The Morgan fingerprint density at radius 2 is 1.18 bits per heavy atom. The van der Waals surface area contributed by atoms with E-state index in [9.17, 15) is 4.79 Å². The molecule has 1 aliphatic rings. The molecule has 106 valence electrons. The van der Waals surface area contributed by atoms with Gasteiger partial charge in [-0.15, -0.1) is 12.1 Å². The summed E-state index contributed by atoms with van der Waals surface area (Å²) >= 11 is 0. The predicted molar refractivity (Wildman–Crippen MR) is 61.3 cm³/mol. The average molecular weight is 431 g/mol. The number of nitrogens with one attached hydrogen (secondary N) is 2. The summed E-state index contributed by atoms with van der Waals surface area (Å²) in [5.41, 5.74) is 14.6. The van der Waals surface area contributed by atoms with Gasteiger partial charge >= 0.3 is 27.0 Å². The van der Waals surface area contributed by atoms with Crippen LogP contribution >= 0.6 is 0 Å². The molecule has 1 aliphatic carbocycles. The van der Waals surface area contributed by atoms with Crippen molar-refractivity contribution in [2.24, 2.45) is 0 Å². The first-order valence-corrected chi connectivity index (χ1v) is 4.47. The van der Waals surface area contributed by atoms with Crippen LogP contribution in [0.5, 0.6) is 0 Å². The van der Waals surface area contributed by atoms with Gasteiger partial charge in [-0.05, 0) is 6.58 Å². The number of carboxylic acids is 1. The first-order valence-electron chi connectivity index (χ1n) is 4.47. The summed E-state index contributed by atoms with van der Waals surface area (Å²) in [5.74, 6) is -2.20. The second-order valence-electron chi connectivity index (χ2n) is 3.30. The summed E-state index contributed by atoms with van der Waals surface area (Å²) in [6, 6.07) is 0.299. The number of hydrogen-bond donors (Lipinski definition) is 2. The minimum atomic E-state index is -1.38. The first kappa shape index (κ1) is 25.4. The van der Waals surface area contributed by atoms with Crippen molar-refractivity contribution in [2.75, 3.05) is 0 Å². The van der Waals surface area contributed by atoms with Gasteiger partial charge in [0.2, 0.25) is 0 Å². The SMILES string of the molecule is C=C(O)C(=O)O.O.O.[NH-]C1CCC([NH-])CC1.[Pt+2]. The van der Waals surface area contributed by atoms with Crippen LogP contribution in [0.15, 0.2) is 12.3 Å². The second kappa shape index (κ2) is 13.6. The molecule has 0 aromatic carbocycles. The van der Waals surface area contributed by atoms with Crippen LogP contribution in [0.1, 0.15) is 25.7 Å². The number of rotatable bonds is 1. The molecule has 0 aromatic heterocycles. The van der Waals surface area contributed by atoms with Gasteiger partial charge in [-0.3, -0.25) is 0 Å². The smallest absolute Gasteiger partial charge is 0.675 e. The molecule has 8 N–H and O–H groups in total. The summed E-state index contributed by atoms with van der Waals surface area (Å²) < 4.78 is 0. The number of carbonyl (C=O) groups is 1. The number of aliphatic hydroxyl groups is 1. The Bertz CT molecular complexity index is 186. The molecular weight excluding hydrogens is 411 g/mol. The van der Waals surface area contributed by atoms with Crippen LogP contribution in [0.2, 0.25) is 0 Å². The van der Waals surface area contributed by atoms with Crippen LogP contribution in [0, 0.1) is 0 Å². The van der Waals surface area contributed by atoms with Gasteiger partial charge in [-0.25, -0.2) is 4.79 Å².